The lowest BCUT2D eigenvalue weighted by Crippen LogP contribution is -2.53. The van der Waals surface area contributed by atoms with Crippen LogP contribution in [0.5, 0.6) is 0 Å². The number of benzene rings is 2. The second-order valence-electron chi connectivity index (χ2n) is 10.1. The summed E-state index contributed by atoms with van der Waals surface area (Å²) >= 11 is 0. The highest BCUT2D eigenvalue weighted by molar-refractivity contribution is 5.97. The van der Waals surface area contributed by atoms with Gasteiger partial charge in [-0.25, -0.2) is 4.98 Å². The zero-order chi connectivity index (χ0) is 25.5. The molecule has 2 unspecified atom stereocenters. The van der Waals surface area contributed by atoms with Gasteiger partial charge in [0.15, 0.2) is 0 Å². The Kier molecular flexibility index (Phi) is 8.67. The molecule has 4 rings (SSSR count). The summed E-state index contributed by atoms with van der Waals surface area (Å²) in [5.41, 5.74) is 2.21. The zero-order valence-corrected chi connectivity index (χ0v) is 21.1. The molecular formula is C29H36N4O3. The van der Waals surface area contributed by atoms with Crippen LogP contribution in [0.1, 0.15) is 49.2 Å². The minimum absolute atomic E-state index is 0.200. The third-order valence-corrected chi connectivity index (χ3v) is 6.64. The molecule has 36 heavy (non-hydrogen) atoms. The van der Waals surface area contributed by atoms with Crippen molar-refractivity contribution in [2.45, 2.75) is 57.8 Å². The first-order valence-electron chi connectivity index (χ1n) is 12.8. The maximum atomic E-state index is 13.3. The number of likely N-dealkylation sites (tertiary alicyclic amines) is 1. The van der Waals surface area contributed by atoms with E-state index in [4.69, 9.17) is 0 Å². The number of aliphatic hydroxyl groups is 1. The van der Waals surface area contributed by atoms with Gasteiger partial charge in [-0.2, -0.15) is 0 Å². The normalized spacial score (nSPS) is 19.6. The molecule has 3 atom stereocenters. The van der Waals surface area contributed by atoms with Crippen molar-refractivity contribution in [2.24, 2.45) is 5.92 Å². The summed E-state index contributed by atoms with van der Waals surface area (Å²) in [6.07, 6.45) is 1.37. The predicted octanol–water partition coefficient (Wildman–Crippen LogP) is 3.52. The number of rotatable bonds is 8. The van der Waals surface area contributed by atoms with Gasteiger partial charge in [-0.15, -0.1) is 0 Å². The first-order valence-corrected chi connectivity index (χ1v) is 12.8. The number of nitrogens with one attached hydrogen (secondary N) is 2. The molecule has 0 saturated carbocycles. The summed E-state index contributed by atoms with van der Waals surface area (Å²) in [6, 6.07) is 20.3. The van der Waals surface area contributed by atoms with E-state index in [1.807, 2.05) is 62.4 Å². The van der Waals surface area contributed by atoms with Crippen molar-refractivity contribution >= 4 is 22.7 Å². The Bertz CT molecular complexity index is 1170. The van der Waals surface area contributed by atoms with Crippen molar-refractivity contribution in [2.75, 3.05) is 13.1 Å². The SMILES string of the molecule is CC(C)CC(NC(=O)c1ccc2ccccc2n1)C(=O)NC1CCCN(Cc2ccccc2)C[C@@H]1O. The zero-order valence-electron chi connectivity index (χ0n) is 21.1. The Morgan fingerprint density at radius 2 is 1.81 bits per heavy atom. The maximum Gasteiger partial charge on any atom is 0.270 e. The molecule has 3 aromatic rings. The molecule has 7 heteroatoms. The minimum atomic E-state index is -0.707. The summed E-state index contributed by atoms with van der Waals surface area (Å²) in [7, 11) is 0. The van der Waals surface area contributed by atoms with Crippen molar-refractivity contribution in [3.8, 4) is 0 Å². The number of aliphatic hydroxyl groups excluding tert-OH is 1. The lowest BCUT2D eigenvalue weighted by atomic mass is 10.0. The van der Waals surface area contributed by atoms with E-state index < -0.39 is 12.1 Å². The van der Waals surface area contributed by atoms with Gasteiger partial charge < -0.3 is 15.7 Å². The number of carbonyl (C=O) groups is 2. The van der Waals surface area contributed by atoms with Crippen LogP contribution in [-0.4, -0.2) is 58.1 Å². The molecule has 7 nitrogen and oxygen atoms in total. The molecule has 1 saturated heterocycles. The van der Waals surface area contributed by atoms with Crippen LogP contribution in [0.15, 0.2) is 66.7 Å². The van der Waals surface area contributed by atoms with Gasteiger partial charge in [-0.3, -0.25) is 14.5 Å². The molecule has 0 spiro atoms. The second kappa shape index (κ2) is 12.1. The highest BCUT2D eigenvalue weighted by Crippen LogP contribution is 2.16. The Balaban J connectivity index is 1.39. The van der Waals surface area contributed by atoms with Crippen LogP contribution in [0, 0.1) is 5.92 Å². The average molecular weight is 489 g/mol. The maximum absolute atomic E-state index is 13.3. The number of carbonyl (C=O) groups excluding carboxylic acids is 2. The third kappa shape index (κ3) is 6.89. The number of pyridine rings is 1. The van der Waals surface area contributed by atoms with Crippen LogP contribution in [-0.2, 0) is 11.3 Å². The lowest BCUT2D eigenvalue weighted by Gasteiger charge is -2.27. The van der Waals surface area contributed by atoms with Gasteiger partial charge in [0.25, 0.3) is 5.91 Å². The first-order chi connectivity index (χ1) is 17.4. The number of β-amino-alcohol motifs (C(OH)–C–C–N with tert-alkyl or cyclic N) is 1. The fraction of sp³-hybridized carbons (Fsp3) is 0.414. The predicted molar refractivity (Wildman–Crippen MR) is 141 cm³/mol. The average Bonchev–Trinajstić information content (AvgIpc) is 3.04. The Morgan fingerprint density at radius 3 is 2.58 bits per heavy atom. The number of para-hydroxylation sites is 1. The third-order valence-electron chi connectivity index (χ3n) is 6.64. The van der Waals surface area contributed by atoms with Crippen molar-refractivity contribution in [1.29, 1.82) is 0 Å². The van der Waals surface area contributed by atoms with Crippen molar-refractivity contribution in [3.05, 3.63) is 78.0 Å². The highest BCUT2D eigenvalue weighted by atomic mass is 16.3. The van der Waals surface area contributed by atoms with Crippen molar-refractivity contribution in [1.82, 2.24) is 20.5 Å². The molecule has 2 aromatic carbocycles. The van der Waals surface area contributed by atoms with Gasteiger partial charge >= 0.3 is 0 Å². The summed E-state index contributed by atoms with van der Waals surface area (Å²) in [6.45, 7) is 6.15. The Labute approximate surface area is 212 Å². The fourth-order valence-electron chi connectivity index (χ4n) is 4.77. The summed E-state index contributed by atoms with van der Waals surface area (Å²) in [4.78, 5) is 33.0. The van der Waals surface area contributed by atoms with Gasteiger partial charge in [0.05, 0.1) is 17.7 Å². The van der Waals surface area contributed by atoms with E-state index in [0.717, 1.165) is 30.4 Å². The molecule has 190 valence electrons. The second-order valence-corrected chi connectivity index (χ2v) is 10.1. The molecule has 1 aliphatic rings. The molecule has 0 bridgehead atoms. The molecule has 3 N–H and O–H groups in total. The topological polar surface area (TPSA) is 94.6 Å². The fourth-order valence-corrected chi connectivity index (χ4v) is 4.77. The molecule has 1 fully saturated rings. The van der Waals surface area contributed by atoms with Crippen LogP contribution >= 0.6 is 0 Å². The van der Waals surface area contributed by atoms with E-state index in [2.05, 4.69) is 32.7 Å². The van der Waals surface area contributed by atoms with Crippen molar-refractivity contribution < 1.29 is 14.7 Å². The molecule has 0 aliphatic carbocycles. The number of amides is 2. The van der Waals surface area contributed by atoms with Crippen LogP contribution < -0.4 is 10.6 Å². The van der Waals surface area contributed by atoms with Crippen LogP contribution in [0.25, 0.3) is 10.9 Å². The van der Waals surface area contributed by atoms with E-state index in [-0.39, 0.29) is 29.5 Å². The van der Waals surface area contributed by atoms with Gasteiger partial charge in [-0.05, 0) is 49.4 Å². The van der Waals surface area contributed by atoms with Crippen LogP contribution in [0.4, 0.5) is 0 Å². The van der Waals surface area contributed by atoms with E-state index in [1.165, 1.54) is 5.56 Å². The van der Waals surface area contributed by atoms with Gasteiger partial charge in [0, 0.05) is 18.5 Å². The Hall–Kier alpha value is -3.29. The largest absolute Gasteiger partial charge is 0.390 e. The summed E-state index contributed by atoms with van der Waals surface area (Å²) < 4.78 is 0. The van der Waals surface area contributed by atoms with E-state index in [9.17, 15) is 14.7 Å². The molecular weight excluding hydrogens is 452 g/mol. The first kappa shape index (κ1) is 25.8. The molecule has 2 heterocycles. The van der Waals surface area contributed by atoms with E-state index in [1.54, 1.807) is 6.07 Å². The molecule has 2 amide bonds. The standard InChI is InChI=1S/C29H36N4O3/c1-20(2)17-26(32-28(35)25-15-14-22-11-6-7-12-23(22)30-25)29(36)31-24-13-8-16-33(19-27(24)34)18-21-9-4-3-5-10-21/h3-7,9-12,14-15,20,24,26-27,34H,8,13,16-19H2,1-2H3,(H,31,36)(H,32,35)/t24?,26?,27-/m0/s1. The van der Waals surface area contributed by atoms with E-state index >= 15 is 0 Å². The quantitative estimate of drug-likeness (QED) is 0.451. The smallest absolute Gasteiger partial charge is 0.270 e. The van der Waals surface area contributed by atoms with Crippen molar-refractivity contribution in [3.63, 3.8) is 0 Å². The monoisotopic (exact) mass is 488 g/mol. The van der Waals surface area contributed by atoms with E-state index in [0.29, 0.717) is 19.4 Å². The number of aromatic nitrogens is 1. The molecule has 0 radical (unpaired) electrons. The van der Waals surface area contributed by atoms with Crippen LogP contribution in [0.3, 0.4) is 0 Å². The summed E-state index contributed by atoms with van der Waals surface area (Å²) in [5.74, 6) is -0.443. The van der Waals surface area contributed by atoms with Crippen LogP contribution in [0.2, 0.25) is 0 Å². The summed E-state index contributed by atoms with van der Waals surface area (Å²) in [5, 5.41) is 17.8. The molecule has 1 aromatic heterocycles. The van der Waals surface area contributed by atoms with Gasteiger partial charge in [0.2, 0.25) is 5.91 Å². The number of hydrogen-bond donors (Lipinski definition) is 3. The van der Waals surface area contributed by atoms with Gasteiger partial charge in [-0.1, -0.05) is 68.4 Å². The lowest BCUT2D eigenvalue weighted by molar-refractivity contribution is -0.125. The van der Waals surface area contributed by atoms with Gasteiger partial charge in [0.1, 0.15) is 11.7 Å². The number of hydrogen-bond acceptors (Lipinski definition) is 5. The molecule has 1 aliphatic heterocycles. The highest BCUT2D eigenvalue weighted by Gasteiger charge is 2.30. The number of fused-ring (bicyclic) bond motifs is 1. The Morgan fingerprint density at radius 1 is 1.06 bits per heavy atom. The number of nitrogens with zero attached hydrogens (tertiary/aromatic N) is 2. The minimum Gasteiger partial charge on any atom is -0.390 e.